The average Bonchev–Trinajstić information content (AvgIpc) is 2.44. The van der Waals surface area contributed by atoms with Crippen LogP contribution < -0.4 is 5.32 Å². The number of pyridine rings is 1. The highest BCUT2D eigenvalue weighted by Gasteiger charge is 2.36. The lowest BCUT2D eigenvalue weighted by Crippen LogP contribution is -2.48. The molecule has 2 N–H and O–H groups in total. The number of nitrogens with one attached hydrogen (secondary N) is 1. The van der Waals surface area contributed by atoms with Gasteiger partial charge in [-0.3, -0.25) is 4.98 Å². The van der Waals surface area contributed by atoms with Crippen LogP contribution in [0.2, 0.25) is 0 Å². The van der Waals surface area contributed by atoms with Gasteiger partial charge in [0.1, 0.15) is 4.90 Å². The molecule has 1 aromatic heterocycles. The second kappa shape index (κ2) is 6.29. The van der Waals surface area contributed by atoms with E-state index in [0.717, 1.165) is 6.42 Å². The van der Waals surface area contributed by atoms with E-state index in [0.29, 0.717) is 31.6 Å². The number of rotatable bonds is 5. The van der Waals surface area contributed by atoms with E-state index in [4.69, 9.17) is 0 Å². The summed E-state index contributed by atoms with van der Waals surface area (Å²) in [5.41, 5.74) is -0.401. The molecular formula is C14H23N3O3S. The van der Waals surface area contributed by atoms with E-state index in [2.05, 4.69) is 10.3 Å². The van der Waals surface area contributed by atoms with Crippen molar-refractivity contribution in [1.29, 1.82) is 0 Å². The summed E-state index contributed by atoms with van der Waals surface area (Å²) >= 11 is 0. The molecule has 118 valence electrons. The maximum atomic E-state index is 12.8. The third-order valence-electron chi connectivity index (χ3n) is 3.61. The molecule has 0 amide bonds. The third-order valence-corrected chi connectivity index (χ3v) is 5.48. The first kappa shape index (κ1) is 16.2. The fourth-order valence-electron chi connectivity index (χ4n) is 2.51. The van der Waals surface area contributed by atoms with Gasteiger partial charge in [-0.15, -0.1) is 0 Å². The number of aromatic nitrogens is 1. The molecule has 2 rings (SSSR count). The van der Waals surface area contributed by atoms with Crippen molar-refractivity contribution in [2.45, 2.75) is 43.6 Å². The van der Waals surface area contributed by atoms with Gasteiger partial charge >= 0.3 is 0 Å². The zero-order valence-corrected chi connectivity index (χ0v) is 13.4. The number of hydrogen-bond donors (Lipinski definition) is 2. The molecule has 1 aliphatic rings. The Morgan fingerprint density at radius 2 is 2.29 bits per heavy atom. The summed E-state index contributed by atoms with van der Waals surface area (Å²) in [6, 6.07) is 1.67. The number of β-amino-alcohol motifs (C(OH)–C–C–N with tert-alkyl or cyclic N) is 1. The zero-order valence-electron chi connectivity index (χ0n) is 12.5. The minimum absolute atomic E-state index is 0.122. The molecule has 0 aromatic carbocycles. The topological polar surface area (TPSA) is 82.5 Å². The lowest BCUT2D eigenvalue weighted by Gasteiger charge is -2.36. The molecule has 0 bridgehead atoms. The van der Waals surface area contributed by atoms with Gasteiger partial charge in [-0.1, -0.05) is 6.92 Å². The predicted octanol–water partition coefficient (Wildman–Crippen LogP) is 1.44. The van der Waals surface area contributed by atoms with Gasteiger partial charge in [0.05, 0.1) is 11.3 Å². The Labute approximate surface area is 126 Å². The summed E-state index contributed by atoms with van der Waals surface area (Å²) in [7, 11) is -3.65. The molecule has 1 aromatic rings. The summed E-state index contributed by atoms with van der Waals surface area (Å²) in [6.07, 6.45) is 5.12. The Balaban J connectivity index is 2.31. The van der Waals surface area contributed by atoms with Crippen molar-refractivity contribution in [3.05, 3.63) is 18.5 Å². The van der Waals surface area contributed by atoms with Crippen LogP contribution in [0.15, 0.2) is 23.4 Å². The van der Waals surface area contributed by atoms with Gasteiger partial charge in [0.2, 0.25) is 10.0 Å². The standard InChI is InChI=1S/C14H23N3O3S/c1-3-7-16-12-5-8-15-10-13(12)21(19,20)17-9-4-6-14(2,18)11-17/h5,8,10,18H,3-4,6-7,9,11H2,1-2H3,(H,15,16). The van der Waals surface area contributed by atoms with E-state index in [1.165, 1.54) is 10.5 Å². The van der Waals surface area contributed by atoms with Gasteiger partial charge in [0.25, 0.3) is 0 Å². The van der Waals surface area contributed by atoms with Crippen molar-refractivity contribution in [2.24, 2.45) is 0 Å². The summed E-state index contributed by atoms with van der Waals surface area (Å²) in [6.45, 7) is 4.95. The lowest BCUT2D eigenvalue weighted by atomic mass is 9.97. The van der Waals surface area contributed by atoms with Gasteiger partial charge in [-0.05, 0) is 32.3 Å². The third kappa shape index (κ3) is 3.72. The first-order valence-electron chi connectivity index (χ1n) is 7.27. The number of piperidine rings is 1. The zero-order chi connectivity index (χ0) is 15.5. The second-order valence-corrected chi connectivity index (χ2v) is 7.64. The van der Waals surface area contributed by atoms with Crippen molar-refractivity contribution < 1.29 is 13.5 Å². The van der Waals surface area contributed by atoms with Gasteiger partial charge in [0.15, 0.2) is 0 Å². The first-order chi connectivity index (χ1) is 9.87. The summed E-state index contributed by atoms with van der Waals surface area (Å²) < 4.78 is 26.9. The number of hydrogen-bond acceptors (Lipinski definition) is 5. The van der Waals surface area contributed by atoms with E-state index in [-0.39, 0.29) is 11.4 Å². The van der Waals surface area contributed by atoms with Crippen LogP contribution >= 0.6 is 0 Å². The highest BCUT2D eigenvalue weighted by Crippen LogP contribution is 2.29. The SMILES string of the molecule is CCCNc1ccncc1S(=O)(=O)N1CCCC(C)(O)C1. The molecule has 6 nitrogen and oxygen atoms in total. The highest BCUT2D eigenvalue weighted by atomic mass is 32.2. The molecular weight excluding hydrogens is 290 g/mol. The minimum atomic E-state index is -3.65. The fraction of sp³-hybridized carbons (Fsp3) is 0.643. The molecule has 1 aliphatic heterocycles. The van der Waals surface area contributed by atoms with E-state index in [1.54, 1.807) is 19.2 Å². The lowest BCUT2D eigenvalue weighted by molar-refractivity contribution is 0.00940. The van der Waals surface area contributed by atoms with Crippen molar-refractivity contribution >= 4 is 15.7 Å². The van der Waals surface area contributed by atoms with E-state index in [9.17, 15) is 13.5 Å². The molecule has 0 saturated carbocycles. The van der Waals surface area contributed by atoms with Gasteiger partial charge in [-0.25, -0.2) is 8.42 Å². The van der Waals surface area contributed by atoms with Crippen molar-refractivity contribution in [3.63, 3.8) is 0 Å². The van der Waals surface area contributed by atoms with Crippen LogP contribution in [0.25, 0.3) is 0 Å². The molecule has 0 radical (unpaired) electrons. The molecule has 1 unspecified atom stereocenters. The van der Waals surface area contributed by atoms with Crippen LogP contribution in [0.3, 0.4) is 0 Å². The molecule has 2 heterocycles. The average molecular weight is 313 g/mol. The first-order valence-corrected chi connectivity index (χ1v) is 8.71. The molecule has 1 saturated heterocycles. The molecule has 1 fully saturated rings. The van der Waals surface area contributed by atoms with Crippen LogP contribution in [-0.4, -0.2) is 48.0 Å². The predicted molar refractivity (Wildman–Crippen MR) is 81.6 cm³/mol. The van der Waals surface area contributed by atoms with Crippen LogP contribution in [0.1, 0.15) is 33.1 Å². The van der Waals surface area contributed by atoms with Crippen molar-refractivity contribution in [3.8, 4) is 0 Å². The summed E-state index contributed by atoms with van der Waals surface area (Å²) in [5, 5.41) is 13.2. The van der Waals surface area contributed by atoms with Crippen molar-refractivity contribution in [1.82, 2.24) is 9.29 Å². The Bertz CT molecular complexity index is 587. The molecule has 0 spiro atoms. The fourth-order valence-corrected chi connectivity index (χ4v) is 4.22. The summed E-state index contributed by atoms with van der Waals surface area (Å²) in [5.74, 6) is 0. The maximum Gasteiger partial charge on any atom is 0.246 e. The van der Waals surface area contributed by atoms with Gasteiger partial charge in [-0.2, -0.15) is 4.31 Å². The Morgan fingerprint density at radius 3 is 2.95 bits per heavy atom. The van der Waals surface area contributed by atoms with Crippen molar-refractivity contribution in [2.75, 3.05) is 25.0 Å². The number of aliphatic hydroxyl groups is 1. The van der Waals surface area contributed by atoms with E-state index in [1.807, 2.05) is 6.92 Å². The smallest absolute Gasteiger partial charge is 0.246 e. The van der Waals surface area contributed by atoms with Crippen LogP contribution in [0, 0.1) is 0 Å². The summed E-state index contributed by atoms with van der Waals surface area (Å²) in [4.78, 5) is 4.12. The highest BCUT2D eigenvalue weighted by molar-refractivity contribution is 7.89. The van der Waals surface area contributed by atoms with Crippen LogP contribution in [0.5, 0.6) is 0 Å². The largest absolute Gasteiger partial charge is 0.389 e. The monoisotopic (exact) mass is 313 g/mol. The minimum Gasteiger partial charge on any atom is -0.389 e. The quantitative estimate of drug-likeness (QED) is 0.859. The number of nitrogens with zero attached hydrogens (tertiary/aromatic N) is 2. The number of anilines is 1. The number of sulfonamides is 1. The Kier molecular flexibility index (Phi) is 4.85. The molecule has 1 atom stereocenters. The van der Waals surface area contributed by atoms with E-state index >= 15 is 0 Å². The molecule has 0 aliphatic carbocycles. The Hall–Kier alpha value is -1.18. The Morgan fingerprint density at radius 1 is 1.52 bits per heavy atom. The normalized spacial score (nSPS) is 24.0. The van der Waals surface area contributed by atoms with E-state index < -0.39 is 15.6 Å². The second-order valence-electron chi connectivity index (χ2n) is 5.74. The molecule has 21 heavy (non-hydrogen) atoms. The molecule has 7 heteroatoms. The van der Waals surface area contributed by atoms with Gasteiger partial charge in [0, 0.05) is 32.0 Å². The maximum absolute atomic E-state index is 12.8. The van der Waals surface area contributed by atoms with Crippen LogP contribution in [-0.2, 0) is 10.0 Å². The van der Waals surface area contributed by atoms with Gasteiger partial charge < -0.3 is 10.4 Å². The van der Waals surface area contributed by atoms with Crippen LogP contribution in [0.4, 0.5) is 5.69 Å².